The van der Waals surface area contributed by atoms with Crippen molar-refractivity contribution in [3.63, 3.8) is 0 Å². The molecular formula is C45H29N5. The first-order valence-corrected chi connectivity index (χ1v) is 16.4. The van der Waals surface area contributed by atoms with E-state index in [0.29, 0.717) is 28.8 Å². The molecule has 0 radical (unpaired) electrons. The Balaban J connectivity index is 1.30. The van der Waals surface area contributed by atoms with E-state index >= 15 is 0 Å². The maximum atomic E-state index is 8.84. The molecule has 0 fully saturated rings. The Hall–Kier alpha value is -6.85. The number of hydrogen-bond donors (Lipinski definition) is 0. The fourth-order valence-electron chi connectivity index (χ4n) is 7.16. The summed E-state index contributed by atoms with van der Waals surface area (Å²) in [5.41, 5.74) is 6.83. The van der Waals surface area contributed by atoms with Gasteiger partial charge in [0.1, 0.15) is 0 Å². The predicted octanol–water partition coefficient (Wildman–Crippen LogP) is 11.1. The van der Waals surface area contributed by atoms with Crippen molar-refractivity contribution < 1.29 is 6.85 Å². The van der Waals surface area contributed by atoms with Crippen LogP contribution in [0.3, 0.4) is 0 Å². The van der Waals surface area contributed by atoms with E-state index in [1.165, 1.54) is 0 Å². The number of rotatable bonds is 5. The Morgan fingerprint density at radius 2 is 0.900 bits per heavy atom. The molecule has 3 heterocycles. The van der Waals surface area contributed by atoms with Crippen LogP contribution in [0.15, 0.2) is 176 Å². The Kier molecular flexibility index (Phi) is 5.35. The number of hydrogen-bond acceptors (Lipinski definition) is 3. The van der Waals surface area contributed by atoms with Crippen molar-refractivity contribution in [3.8, 4) is 45.5 Å². The number of benzene rings is 7. The molecule has 0 atom stereocenters. The number of aromatic nitrogens is 5. The summed E-state index contributed by atoms with van der Waals surface area (Å²) in [5.74, 6) is 1.63. The van der Waals surface area contributed by atoms with Crippen molar-refractivity contribution in [1.29, 1.82) is 0 Å². The van der Waals surface area contributed by atoms with Gasteiger partial charge in [0.2, 0.25) is 5.95 Å². The van der Waals surface area contributed by atoms with Gasteiger partial charge in [0.05, 0.1) is 34.6 Å². The lowest BCUT2D eigenvalue weighted by Gasteiger charge is -2.14. The van der Waals surface area contributed by atoms with E-state index in [0.717, 1.165) is 54.7 Å². The zero-order chi connectivity index (χ0) is 37.4. The summed E-state index contributed by atoms with van der Waals surface area (Å²) in [4.78, 5) is 15.1. The molecule has 0 aliphatic heterocycles. The van der Waals surface area contributed by atoms with Gasteiger partial charge in [-0.1, -0.05) is 145 Å². The van der Waals surface area contributed by atoms with Crippen molar-refractivity contribution in [3.05, 3.63) is 176 Å². The van der Waals surface area contributed by atoms with Gasteiger partial charge in [-0.05, 0) is 35.9 Å². The largest absolute Gasteiger partial charge is 0.309 e. The lowest BCUT2D eigenvalue weighted by atomic mass is 10.0. The molecule has 0 saturated heterocycles. The van der Waals surface area contributed by atoms with E-state index in [4.69, 9.17) is 21.8 Å². The van der Waals surface area contributed by atoms with Gasteiger partial charge in [0, 0.05) is 38.2 Å². The van der Waals surface area contributed by atoms with Gasteiger partial charge in [0.25, 0.3) is 0 Å². The van der Waals surface area contributed by atoms with Crippen LogP contribution in [0.4, 0.5) is 0 Å². The first-order chi connectivity index (χ1) is 26.9. The van der Waals surface area contributed by atoms with Crippen LogP contribution in [0.25, 0.3) is 89.2 Å². The minimum absolute atomic E-state index is 0.156. The van der Waals surface area contributed by atoms with E-state index in [-0.39, 0.29) is 29.7 Å². The molecule has 0 aliphatic rings. The quantitative estimate of drug-likeness (QED) is 0.187. The highest BCUT2D eigenvalue weighted by molar-refractivity contribution is 6.29. The van der Waals surface area contributed by atoms with E-state index in [1.807, 2.05) is 109 Å². The third kappa shape index (κ3) is 4.37. The monoisotopic (exact) mass is 644 g/mol. The zero-order valence-corrected chi connectivity index (χ0v) is 26.6. The predicted molar refractivity (Wildman–Crippen MR) is 205 cm³/mol. The lowest BCUT2D eigenvalue weighted by molar-refractivity contribution is 0.953. The molecule has 10 rings (SSSR count). The molecule has 234 valence electrons. The fraction of sp³-hybridized carbons (Fsp3) is 0. The van der Waals surface area contributed by atoms with E-state index in [9.17, 15) is 0 Å². The van der Waals surface area contributed by atoms with Crippen molar-refractivity contribution in [2.75, 3.05) is 0 Å². The number of para-hydroxylation sites is 3. The summed E-state index contributed by atoms with van der Waals surface area (Å²) in [6, 6.07) is 46.3. The average molecular weight is 645 g/mol. The van der Waals surface area contributed by atoms with Crippen LogP contribution in [0.1, 0.15) is 6.85 Å². The highest BCUT2D eigenvalue weighted by atomic mass is 15.2. The van der Waals surface area contributed by atoms with E-state index in [2.05, 4.69) is 45.5 Å². The topological polar surface area (TPSA) is 48.5 Å². The van der Waals surface area contributed by atoms with Gasteiger partial charge >= 0.3 is 0 Å². The molecule has 7 aromatic carbocycles. The molecule has 5 heteroatoms. The first kappa shape index (κ1) is 23.5. The number of nitrogens with zero attached hydrogens (tertiary/aromatic N) is 5. The minimum atomic E-state index is -0.420. The summed E-state index contributed by atoms with van der Waals surface area (Å²) < 4.78 is 47.0. The maximum absolute atomic E-state index is 8.84. The molecule has 50 heavy (non-hydrogen) atoms. The van der Waals surface area contributed by atoms with E-state index < -0.39 is 6.04 Å². The van der Waals surface area contributed by atoms with E-state index in [1.54, 1.807) is 0 Å². The minimum Gasteiger partial charge on any atom is -0.309 e. The van der Waals surface area contributed by atoms with Gasteiger partial charge in [0.15, 0.2) is 11.6 Å². The SMILES string of the molecule is [2H]c1c([2H])c([2H])c(-c2ccccc2-n2c3ccccc3c3c4c5ccccc5n(-c5nc(-c6ccccc6)nc(-c6ccccc6)n5)c4ccc32)c([2H])c1[2H]. The smallest absolute Gasteiger partial charge is 0.238 e. The summed E-state index contributed by atoms with van der Waals surface area (Å²) in [7, 11) is 0. The van der Waals surface area contributed by atoms with Gasteiger partial charge in [-0.25, -0.2) is 4.98 Å². The van der Waals surface area contributed by atoms with Crippen LogP contribution in [0, 0.1) is 0 Å². The summed E-state index contributed by atoms with van der Waals surface area (Å²) >= 11 is 0. The molecule has 3 aromatic heterocycles. The molecular weight excluding hydrogens is 611 g/mol. The van der Waals surface area contributed by atoms with Crippen LogP contribution in [0.5, 0.6) is 0 Å². The first-order valence-electron chi connectivity index (χ1n) is 18.9. The molecule has 0 spiro atoms. The Morgan fingerprint density at radius 1 is 0.400 bits per heavy atom. The molecule has 0 saturated carbocycles. The summed E-state index contributed by atoms with van der Waals surface area (Å²) in [5, 5.41) is 4.06. The highest BCUT2D eigenvalue weighted by Crippen LogP contribution is 2.43. The number of fused-ring (bicyclic) bond motifs is 7. The zero-order valence-electron chi connectivity index (χ0n) is 31.6. The molecule has 0 N–H and O–H groups in total. The standard InChI is InChI=1S/C45H29N5/c1-4-16-30(17-5-1)33-22-10-13-25-36(33)49-37-26-14-11-23-34(37)41-39(49)28-29-40-42(41)35-24-12-15-27-38(35)50(40)45-47-43(31-18-6-2-7-19-31)46-44(48-45)32-20-8-3-9-21-32/h1-29H/i1D,4D,5D,16D,17D. The second-order valence-corrected chi connectivity index (χ2v) is 12.1. The molecule has 0 bridgehead atoms. The molecule has 0 unspecified atom stereocenters. The van der Waals surface area contributed by atoms with Crippen molar-refractivity contribution in [2.24, 2.45) is 0 Å². The van der Waals surface area contributed by atoms with Crippen molar-refractivity contribution in [1.82, 2.24) is 24.1 Å². The van der Waals surface area contributed by atoms with Crippen LogP contribution >= 0.6 is 0 Å². The van der Waals surface area contributed by atoms with Gasteiger partial charge < -0.3 is 4.57 Å². The Bertz CT molecular complexity index is 3070. The third-order valence-corrected chi connectivity index (χ3v) is 9.27. The van der Waals surface area contributed by atoms with Gasteiger partial charge in [-0.15, -0.1) is 0 Å². The second kappa shape index (κ2) is 11.4. The molecule has 0 aliphatic carbocycles. The van der Waals surface area contributed by atoms with Crippen LogP contribution in [0.2, 0.25) is 0 Å². The van der Waals surface area contributed by atoms with Gasteiger partial charge in [-0.2, -0.15) is 9.97 Å². The summed E-state index contributed by atoms with van der Waals surface area (Å²) in [6.07, 6.45) is 0. The Labute approximate surface area is 295 Å². The second-order valence-electron chi connectivity index (χ2n) is 12.1. The average Bonchev–Trinajstić information content (AvgIpc) is 3.76. The highest BCUT2D eigenvalue weighted by Gasteiger charge is 2.23. The fourth-order valence-corrected chi connectivity index (χ4v) is 7.16. The lowest BCUT2D eigenvalue weighted by Crippen LogP contribution is -2.06. The Morgan fingerprint density at radius 3 is 1.52 bits per heavy atom. The van der Waals surface area contributed by atoms with Crippen LogP contribution < -0.4 is 0 Å². The van der Waals surface area contributed by atoms with Gasteiger partial charge in [-0.3, -0.25) is 4.57 Å². The third-order valence-electron chi connectivity index (χ3n) is 9.27. The summed E-state index contributed by atoms with van der Waals surface area (Å²) in [6.45, 7) is 0. The van der Waals surface area contributed by atoms with Crippen molar-refractivity contribution in [2.45, 2.75) is 0 Å². The molecule has 10 aromatic rings. The normalized spacial score (nSPS) is 13.0. The maximum Gasteiger partial charge on any atom is 0.238 e. The molecule has 0 amide bonds. The molecule has 5 nitrogen and oxygen atoms in total. The van der Waals surface area contributed by atoms with Crippen LogP contribution in [-0.2, 0) is 0 Å². The van der Waals surface area contributed by atoms with Crippen LogP contribution in [-0.4, -0.2) is 24.1 Å². The van der Waals surface area contributed by atoms with Crippen molar-refractivity contribution >= 4 is 43.6 Å².